The van der Waals surface area contributed by atoms with E-state index in [1.807, 2.05) is 24.6 Å². The van der Waals surface area contributed by atoms with Gasteiger partial charge in [0.25, 0.3) is 10.2 Å². The minimum atomic E-state index is -3.35. The van der Waals surface area contributed by atoms with Crippen molar-refractivity contribution in [2.75, 3.05) is 27.2 Å². The van der Waals surface area contributed by atoms with Crippen LogP contribution >= 0.6 is 0 Å². The van der Waals surface area contributed by atoms with E-state index in [0.717, 1.165) is 35.7 Å². The summed E-state index contributed by atoms with van der Waals surface area (Å²) in [5.41, 5.74) is 2.70. The van der Waals surface area contributed by atoms with Gasteiger partial charge in [0.2, 0.25) is 0 Å². The van der Waals surface area contributed by atoms with Crippen LogP contribution in [0, 0.1) is 6.92 Å². The first-order valence-corrected chi connectivity index (χ1v) is 9.68. The van der Waals surface area contributed by atoms with Crippen molar-refractivity contribution in [3.05, 3.63) is 30.1 Å². The van der Waals surface area contributed by atoms with Crippen LogP contribution < -0.4 is 0 Å². The Hall–Kier alpha value is -1.84. The number of piperidine rings is 1. The Kier molecular flexibility index (Phi) is 4.90. The molecular weight excluding hydrogens is 340 g/mol. The molecular formula is C16H24N6O2S. The maximum atomic E-state index is 12.2. The van der Waals surface area contributed by atoms with E-state index < -0.39 is 10.2 Å². The normalized spacial score (nSPS) is 17.3. The minimum Gasteiger partial charge on any atom is -0.332 e. The lowest BCUT2D eigenvalue weighted by Crippen LogP contribution is -2.44. The van der Waals surface area contributed by atoms with Crippen LogP contribution in [0.2, 0.25) is 0 Å². The van der Waals surface area contributed by atoms with Crippen LogP contribution in [0.1, 0.15) is 30.3 Å². The largest absolute Gasteiger partial charge is 0.332 e. The van der Waals surface area contributed by atoms with Crippen molar-refractivity contribution in [1.82, 2.24) is 28.1 Å². The van der Waals surface area contributed by atoms with E-state index in [4.69, 9.17) is 4.98 Å². The fourth-order valence-electron chi connectivity index (χ4n) is 3.08. The number of aryl methyl sites for hydroxylation is 2. The smallest absolute Gasteiger partial charge is 0.281 e. The predicted molar refractivity (Wildman–Crippen MR) is 95.1 cm³/mol. The number of hydrogen-bond donors (Lipinski definition) is 0. The molecule has 1 aliphatic heterocycles. The van der Waals surface area contributed by atoms with E-state index in [9.17, 15) is 8.42 Å². The summed E-state index contributed by atoms with van der Waals surface area (Å²) in [5.74, 6) is 0.957. The van der Waals surface area contributed by atoms with Gasteiger partial charge in [0, 0.05) is 45.8 Å². The second-order valence-electron chi connectivity index (χ2n) is 6.61. The molecule has 0 N–H and O–H groups in total. The summed E-state index contributed by atoms with van der Waals surface area (Å²) in [6.45, 7) is 2.93. The van der Waals surface area contributed by atoms with Crippen molar-refractivity contribution >= 4 is 10.2 Å². The Morgan fingerprint density at radius 1 is 1.20 bits per heavy atom. The Bertz CT molecular complexity index is 853. The molecule has 8 nitrogen and oxygen atoms in total. The highest BCUT2D eigenvalue weighted by Gasteiger charge is 2.31. The van der Waals surface area contributed by atoms with Gasteiger partial charge in [-0.05, 0) is 25.8 Å². The van der Waals surface area contributed by atoms with Crippen LogP contribution in [0.15, 0.2) is 18.6 Å². The predicted octanol–water partition coefficient (Wildman–Crippen LogP) is 1.17. The second-order valence-corrected chi connectivity index (χ2v) is 8.75. The molecule has 0 spiro atoms. The highest BCUT2D eigenvalue weighted by Crippen LogP contribution is 2.29. The van der Waals surface area contributed by atoms with Gasteiger partial charge < -0.3 is 4.57 Å². The first-order valence-electron chi connectivity index (χ1n) is 8.29. The van der Waals surface area contributed by atoms with Crippen molar-refractivity contribution in [3.63, 3.8) is 0 Å². The van der Waals surface area contributed by atoms with Gasteiger partial charge in [-0.2, -0.15) is 17.0 Å². The first kappa shape index (κ1) is 18.0. The summed E-state index contributed by atoms with van der Waals surface area (Å²) >= 11 is 0. The standard InChI is InChI=1S/C16H24N6O2S/c1-12-9-14(15-10-17-11-21(15)4)19-16(18-12)13-5-7-22(8-6-13)25(23,24)20(2)3/h9-11,13H,5-8H2,1-4H3. The maximum Gasteiger partial charge on any atom is 0.281 e. The van der Waals surface area contributed by atoms with E-state index >= 15 is 0 Å². The first-order chi connectivity index (χ1) is 11.8. The van der Waals surface area contributed by atoms with Crippen LogP contribution in [0.25, 0.3) is 11.4 Å². The zero-order chi connectivity index (χ0) is 18.2. The van der Waals surface area contributed by atoms with Crippen molar-refractivity contribution in [1.29, 1.82) is 0 Å². The fraction of sp³-hybridized carbons (Fsp3) is 0.562. The Balaban J connectivity index is 1.80. The molecule has 3 heterocycles. The summed E-state index contributed by atoms with van der Waals surface area (Å²) in [7, 11) is 1.71. The molecule has 0 amide bonds. The van der Waals surface area contributed by atoms with E-state index in [1.165, 1.54) is 8.61 Å². The zero-order valence-corrected chi connectivity index (χ0v) is 15.9. The average Bonchev–Trinajstić information content (AvgIpc) is 3.00. The van der Waals surface area contributed by atoms with Crippen molar-refractivity contribution in [3.8, 4) is 11.4 Å². The Labute approximate surface area is 148 Å². The third-order valence-electron chi connectivity index (χ3n) is 4.56. The van der Waals surface area contributed by atoms with Gasteiger partial charge in [-0.25, -0.2) is 15.0 Å². The highest BCUT2D eigenvalue weighted by atomic mass is 32.2. The molecule has 2 aromatic heterocycles. The summed E-state index contributed by atoms with van der Waals surface area (Å²) in [6.07, 6.45) is 4.98. The number of aromatic nitrogens is 4. The molecule has 0 bridgehead atoms. The lowest BCUT2D eigenvalue weighted by atomic mass is 9.97. The minimum absolute atomic E-state index is 0.167. The van der Waals surface area contributed by atoms with E-state index in [2.05, 4.69) is 9.97 Å². The molecule has 0 atom stereocenters. The molecule has 1 aliphatic rings. The van der Waals surface area contributed by atoms with Gasteiger partial charge in [-0.15, -0.1) is 0 Å². The molecule has 9 heteroatoms. The van der Waals surface area contributed by atoms with Gasteiger partial charge in [-0.1, -0.05) is 0 Å². The summed E-state index contributed by atoms with van der Waals surface area (Å²) < 4.78 is 29.2. The quantitative estimate of drug-likeness (QED) is 0.813. The highest BCUT2D eigenvalue weighted by molar-refractivity contribution is 7.86. The van der Waals surface area contributed by atoms with Crippen LogP contribution in [0.4, 0.5) is 0 Å². The molecule has 25 heavy (non-hydrogen) atoms. The van der Waals surface area contributed by atoms with Crippen LogP contribution in [-0.2, 0) is 17.3 Å². The third kappa shape index (κ3) is 3.58. The SMILES string of the molecule is Cc1cc(-c2cncn2C)nc(C2CCN(S(=O)(=O)N(C)C)CC2)n1. The molecule has 2 aromatic rings. The number of imidazole rings is 1. The molecule has 1 saturated heterocycles. The zero-order valence-electron chi connectivity index (χ0n) is 15.0. The molecule has 0 saturated carbocycles. The molecule has 0 unspecified atom stereocenters. The Morgan fingerprint density at radius 3 is 2.44 bits per heavy atom. The second kappa shape index (κ2) is 6.81. The van der Waals surface area contributed by atoms with Gasteiger partial charge in [-0.3, -0.25) is 0 Å². The fourth-order valence-corrected chi connectivity index (χ4v) is 4.22. The molecule has 0 aliphatic carbocycles. The van der Waals surface area contributed by atoms with E-state index in [0.29, 0.717) is 13.1 Å². The van der Waals surface area contributed by atoms with Gasteiger partial charge in [0.15, 0.2) is 0 Å². The lowest BCUT2D eigenvalue weighted by molar-refractivity contribution is 0.297. The van der Waals surface area contributed by atoms with Crippen LogP contribution in [0.5, 0.6) is 0 Å². The van der Waals surface area contributed by atoms with Crippen molar-refractivity contribution in [2.24, 2.45) is 7.05 Å². The monoisotopic (exact) mass is 364 g/mol. The van der Waals surface area contributed by atoms with Gasteiger partial charge in [0.1, 0.15) is 5.82 Å². The molecule has 136 valence electrons. The van der Waals surface area contributed by atoms with E-state index in [-0.39, 0.29) is 5.92 Å². The molecule has 3 rings (SSSR count). The number of rotatable bonds is 4. The third-order valence-corrected chi connectivity index (χ3v) is 6.50. The summed E-state index contributed by atoms with van der Waals surface area (Å²) in [6, 6.07) is 1.95. The summed E-state index contributed by atoms with van der Waals surface area (Å²) in [4.78, 5) is 13.5. The van der Waals surface area contributed by atoms with E-state index in [1.54, 1.807) is 26.6 Å². The Morgan fingerprint density at radius 2 is 1.88 bits per heavy atom. The van der Waals surface area contributed by atoms with Gasteiger partial charge >= 0.3 is 0 Å². The molecule has 0 aromatic carbocycles. The number of nitrogens with zero attached hydrogens (tertiary/aromatic N) is 6. The van der Waals surface area contributed by atoms with Crippen LogP contribution in [0.3, 0.4) is 0 Å². The molecule has 1 fully saturated rings. The average molecular weight is 364 g/mol. The van der Waals surface area contributed by atoms with Crippen molar-refractivity contribution < 1.29 is 8.42 Å². The summed E-state index contributed by atoms with van der Waals surface area (Å²) in [5, 5.41) is 0. The topological polar surface area (TPSA) is 84.2 Å². The number of hydrogen-bond acceptors (Lipinski definition) is 5. The van der Waals surface area contributed by atoms with Crippen molar-refractivity contribution in [2.45, 2.75) is 25.7 Å². The van der Waals surface area contributed by atoms with Gasteiger partial charge in [0.05, 0.1) is 23.9 Å². The maximum absolute atomic E-state index is 12.2. The lowest BCUT2D eigenvalue weighted by Gasteiger charge is -2.32. The van der Waals surface area contributed by atoms with Crippen LogP contribution in [-0.4, -0.2) is 63.7 Å². The molecule has 0 radical (unpaired) electrons.